The van der Waals surface area contributed by atoms with Crippen LogP contribution < -0.4 is 10.6 Å². The lowest BCUT2D eigenvalue weighted by atomic mass is 10.1. The third-order valence-electron chi connectivity index (χ3n) is 3.80. The molecule has 2 aromatic rings. The van der Waals surface area contributed by atoms with Gasteiger partial charge in [0.15, 0.2) is 11.5 Å². The summed E-state index contributed by atoms with van der Waals surface area (Å²) in [6.07, 6.45) is 9.09. The average molecular weight is 289 g/mol. The van der Waals surface area contributed by atoms with Crippen LogP contribution in [0.1, 0.15) is 26.2 Å². The van der Waals surface area contributed by atoms with Gasteiger partial charge in [-0.3, -0.25) is 0 Å². The van der Waals surface area contributed by atoms with Gasteiger partial charge >= 0.3 is 0 Å². The molecule has 2 aromatic heterocycles. The number of aromatic nitrogens is 3. The van der Waals surface area contributed by atoms with Crippen LogP contribution in [0.3, 0.4) is 0 Å². The van der Waals surface area contributed by atoms with E-state index in [0.717, 1.165) is 56.4 Å². The zero-order valence-corrected chi connectivity index (χ0v) is 12.5. The van der Waals surface area contributed by atoms with E-state index in [1.54, 1.807) is 6.20 Å². The van der Waals surface area contributed by atoms with E-state index in [9.17, 15) is 0 Å². The predicted octanol–water partition coefficient (Wildman–Crippen LogP) is 2.39. The largest absolute Gasteiger partial charge is 0.381 e. The smallest absolute Gasteiger partial charge is 0.180 e. The van der Waals surface area contributed by atoms with Crippen LogP contribution in [0.15, 0.2) is 18.6 Å². The Kier molecular flexibility index (Phi) is 4.55. The standard InChI is InChI=1S/C15H23N5O/c1-2-5-16-13-10-20-8-7-18-15(20)14(19-13)17-6-3-12-4-9-21-11-12/h7-8,10,12,16H,2-6,9,11H2,1H3,(H,17,19). The molecule has 114 valence electrons. The van der Waals surface area contributed by atoms with Crippen molar-refractivity contribution in [3.8, 4) is 0 Å². The molecular weight excluding hydrogens is 266 g/mol. The lowest BCUT2D eigenvalue weighted by Gasteiger charge is -2.12. The van der Waals surface area contributed by atoms with Crippen molar-refractivity contribution in [2.75, 3.05) is 36.9 Å². The highest BCUT2D eigenvalue weighted by Crippen LogP contribution is 2.19. The van der Waals surface area contributed by atoms with Crippen LogP contribution in [0.25, 0.3) is 5.65 Å². The molecule has 1 aliphatic heterocycles. The summed E-state index contributed by atoms with van der Waals surface area (Å²) >= 11 is 0. The molecule has 1 atom stereocenters. The molecule has 1 fully saturated rings. The third-order valence-corrected chi connectivity index (χ3v) is 3.80. The Morgan fingerprint density at radius 2 is 2.33 bits per heavy atom. The normalized spacial score (nSPS) is 18.2. The van der Waals surface area contributed by atoms with Gasteiger partial charge in [0.2, 0.25) is 0 Å². The van der Waals surface area contributed by atoms with E-state index in [0.29, 0.717) is 5.92 Å². The molecule has 3 rings (SSSR count). The molecular formula is C15H23N5O. The summed E-state index contributed by atoms with van der Waals surface area (Å²) in [6.45, 7) is 5.77. The Morgan fingerprint density at radius 1 is 1.38 bits per heavy atom. The van der Waals surface area contributed by atoms with E-state index >= 15 is 0 Å². The average Bonchev–Trinajstić information content (AvgIpc) is 3.15. The van der Waals surface area contributed by atoms with E-state index in [1.807, 2.05) is 16.8 Å². The zero-order valence-electron chi connectivity index (χ0n) is 12.5. The van der Waals surface area contributed by atoms with Gasteiger partial charge in [-0.15, -0.1) is 0 Å². The van der Waals surface area contributed by atoms with Gasteiger partial charge < -0.3 is 19.8 Å². The highest BCUT2D eigenvalue weighted by atomic mass is 16.5. The second kappa shape index (κ2) is 6.76. The van der Waals surface area contributed by atoms with E-state index in [4.69, 9.17) is 4.74 Å². The van der Waals surface area contributed by atoms with Crippen molar-refractivity contribution in [1.82, 2.24) is 14.4 Å². The minimum atomic E-state index is 0.676. The maximum absolute atomic E-state index is 5.41. The third kappa shape index (κ3) is 3.44. The van der Waals surface area contributed by atoms with Crippen LogP contribution in [0.2, 0.25) is 0 Å². The van der Waals surface area contributed by atoms with Gasteiger partial charge in [-0.2, -0.15) is 0 Å². The molecule has 0 aliphatic carbocycles. The number of nitrogens with zero attached hydrogens (tertiary/aromatic N) is 3. The molecule has 21 heavy (non-hydrogen) atoms. The van der Waals surface area contributed by atoms with Gasteiger partial charge in [0.1, 0.15) is 5.82 Å². The van der Waals surface area contributed by atoms with Crippen molar-refractivity contribution in [2.24, 2.45) is 5.92 Å². The molecule has 0 radical (unpaired) electrons. The second-order valence-corrected chi connectivity index (χ2v) is 5.50. The molecule has 0 aromatic carbocycles. The van der Waals surface area contributed by atoms with Crippen LogP contribution in [0, 0.1) is 5.92 Å². The summed E-state index contributed by atoms with van der Waals surface area (Å²) in [5.74, 6) is 2.41. The monoisotopic (exact) mass is 289 g/mol. The number of imidazole rings is 1. The molecule has 1 unspecified atom stereocenters. The highest BCUT2D eigenvalue weighted by molar-refractivity contribution is 5.65. The van der Waals surface area contributed by atoms with E-state index in [-0.39, 0.29) is 0 Å². The topological polar surface area (TPSA) is 63.5 Å². The molecule has 1 aliphatic rings. The summed E-state index contributed by atoms with van der Waals surface area (Å²) in [5.41, 5.74) is 0.875. The molecule has 0 saturated carbocycles. The molecule has 0 bridgehead atoms. The zero-order chi connectivity index (χ0) is 14.5. The summed E-state index contributed by atoms with van der Waals surface area (Å²) in [7, 11) is 0. The number of ether oxygens (including phenoxy) is 1. The number of hydrogen-bond donors (Lipinski definition) is 2. The molecule has 0 spiro atoms. The molecule has 6 heteroatoms. The lowest BCUT2D eigenvalue weighted by molar-refractivity contribution is 0.185. The predicted molar refractivity (Wildman–Crippen MR) is 83.8 cm³/mol. The fraction of sp³-hybridized carbons (Fsp3) is 0.600. The first-order valence-electron chi connectivity index (χ1n) is 7.76. The van der Waals surface area contributed by atoms with Gasteiger partial charge in [-0.1, -0.05) is 6.92 Å². The SMILES string of the molecule is CCCNc1cn2ccnc2c(NCCC2CCOC2)n1. The Hall–Kier alpha value is -1.82. The minimum Gasteiger partial charge on any atom is -0.381 e. The number of anilines is 2. The fourth-order valence-electron chi connectivity index (χ4n) is 2.59. The van der Waals surface area contributed by atoms with Gasteiger partial charge in [-0.05, 0) is 25.2 Å². The first-order chi connectivity index (χ1) is 10.4. The van der Waals surface area contributed by atoms with Gasteiger partial charge in [0, 0.05) is 38.7 Å². The number of fused-ring (bicyclic) bond motifs is 1. The molecule has 3 heterocycles. The van der Waals surface area contributed by atoms with Crippen molar-refractivity contribution >= 4 is 17.3 Å². The lowest BCUT2D eigenvalue weighted by Crippen LogP contribution is -2.12. The Morgan fingerprint density at radius 3 is 3.14 bits per heavy atom. The van der Waals surface area contributed by atoms with Crippen molar-refractivity contribution in [2.45, 2.75) is 26.2 Å². The molecule has 2 N–H and O–H groups in total. The maximum Gasteiger partial charge on any atom is 0.180 e. The van der Waals surface area contributed by atoms with Crippen LogP contribution in [0.5, 0.6) is 0 Å². The van der Waals surface area contributed by atoms with Gasteiger partial charge in [-0.25, -0.2) is 9.97 Å². The number of rotatable bonds is 7. The van der Waals surface area contributed by atoms with E-state index in [1.165, 1.54) is 6.42 Å². The molecule has 0 amide bonds. The molecule has 1 saturated heterocycles. The fourth-order valence-corrected chi connectivity index (χ4v) is 2.59. The molecule has 6 nitrogen and oxygen atoms in total. The Bertz CT molecular complexity index is 576. The van der Waals surface area contributed by atoms with Crippen LogP contribution in [-0.4, -0.2) is 40.7 Å². The van der Waals surface area contributed by atoms with Crippen molar-refractivity contribution < 1.29 is 4.74 Å². The summed E-state index contributed by atoms with van der Waals surface area (Å²) in [5, 5.41) is 6.76. The minimum absolute atomic E-state index is 0.676. The van der Waals surface area contributed by atoms with Crippen molar-refractivity contribution in [3.05, 3.63) is 18.6 Å². The van der Waals surface area contributed by atoms with Crippen LogP contribution in [0.4, 0.5) is 11.6 Å². The van der Waals surface area contributed by atoms with E-state index < -0.39 is 0 Å². The van der Waals surface area contributed by atoms with Gasteiger partial charge in [0.05, 0.1) is 6.20 Å². The first-order valence-corrected chi connectivity index (χ1v) is 7.76. The first kappa shape index (κ1) is 14.1. The summed E-state index contributed by atoms with van der Waals surface area (Å²) in [6, 6.07) is 0. The summed E-state index contributed by atoms with van der Waals surface area (Å²) < 4.78 is 7.42. The second-order valence-electron chi connectivity index (χ2n) is 5.50. The Balaban J connectivity index is 1.68. The van der Waals surface area contributed by atoms with Crippen LogP contribution in [-0.2, 0) is 4.74 Å². The maximum atomic E-state index is 5.41. The van der Waals surface area contributed by atoms with Crippen molar-refractivity contribution in [1.29, 1.82) is 0 Å². The summed E-state index contributed by atoms with van der Waals surface area (Å²) in [4.78, 5) is 9.01. The van der Waals surface area contributed by atoms with Gasteiger partial charge in [0.25, 0.3) is 0 Å². The number of nitrogens with one attached hydrogen (secondary N) is 2. The van der Waals surface area contributed by atoms with Crippen molar-refractivity contribution in [3.63, 3.8) is 0 Å². The van der Waals surface area contributed by atoms with Crippen LogP contribution >= 0.6 is 0 Å². The highest BCUT2D eigenvalue weighted by Gasteiger charge is 2.15. The number of hydrogen-bond acceptors (Lipinski definition) is 5. The Labute approximate surface area is 124 Å². The van der Waals surface area contributed by atoms with E-state index in [2.05, 4.69) is 27.5 Å². The quantitative estimate of drug-likeness (QED) is 0.819.